The number of hydrogen-bond donors (Lipinski definition) is 0. The predicted molar refractivity (Wildman–Crippen MR) is 98.0 cm³/mol. The van der Waals surface area contributed by atoms with Gasteiger partial charge in [0.1, 0.15) is 5.82 Å². The van der Waals surface area contributed by atoms with Gasteiger partial charge in [0.2, 0.25) is 0 Å². The molecule has 0 N–H and O–H groups in total. The minimum absolute atomic E-state index is 0.240. The maximum atomic E-state index is 4.75. The molecule has 4 aromatic rings. The molecule has 0 saturated heterocycles. The molecule has 0 bridgehead atoms. The summed E-state index contributed by atoms with van der Waals surface area (Å²) < 4.78 is 2.31. The Labute approximate surface area is 141 Å². The SMILES string of the molecule is Cc1nc2ccc(-c3ccncc3)cc2n1[C@@H](C)c1ccccc1. The van der Waals surface area contributed by atoms with E-state index in [9.17, 15) is 0 Å². The molecule has 4 rings (SSSR count). The monoisotopic (exact) mass is 313 g/mol. The molecule has 118 valence electrons. The lowest BCUT2D eigenvalue weighted by Crippen LogP contribution is -2.08. The van der Waals surface area contributed by atoms with E-state index in [1.54, 1.807) is 0 Å². The van der Waals surface area contributed by atoms with E-state index in [1.807, 2.05) is 24.5 Å². The Morgan fingerprint density at radius 2 is 1.62 bits per heavy atom. The molecule has 0 radical (unpaired) electrons. The molecule has 0 unspecified atom stereocenters. The van der Waals surface area contributed by atoms with Gasteiger partial charge in [0.25, 0.3) is 0 Å². The van der Waals surface area contributed by atoms with Crippen LogP contribution in [-0.2, 0) is 0 Å². The summed E-state index contributed by atoms with van der Waals surface area (Å²) in [6, 6.07) is 21.3. The molecule has 0 amide bonds. The maximum Gasteiger partial charge on any atom is 0.107 e. The smallest absolute Gasteiger partial charge is 0.107 e. The van der Waals surface area contributed by atoms with Gasteiger partial charge in [-0.3, -0.25) is 4.98 Å². The molecule has 1 atom stereocenters. The quantitative estimate of drug-likeness (QED) is 0.532. The zero-order valence-corrected chi connectivity index (χ0v) is 13.8. The normalized spacial score (nSPS) is 12.4. The van der Waals surface area contributed by atoms with Crippen LogP contribution in [0.2, 0.25) is 0 Å². The highest BCUT2D eigenvalue weighted by Crippen LogP contribution is 2.29. The van der Waals surface area contributed by atoms with E-state index in [0.717, 1.165) is 16.9 Å². The van der Waals surface area contributed by atoms with Crippen molar-refractivity contribution in [3.8, 4) is 11.1 Å². The summed E-state index contributed by atoms with van der Waals surface area (Å²) in [5.41, 5.74) is 5.84. The third-order valence-corrected chi connectivity index (χ3v) is 4.55. The standard InChI is InChI=1S/C21H19N3/c1-15(17-6-4-3-5-7-17)24-16(2)23-20-9-8-19(14-21(20)24)18-10-12-22-13-11-18/h3-15H,1-2H3/t15-/m0/s1. The van der Waals surface area contributed by atoms with Crippen LogP contribution in [0.25, 0.3) is 22.2 Å². The molecular weight excluding hydrogens is 294 g/mol. The number of fused-ring (bicyclic) bond motifs is 1. The Kier molecular flexibility index (Phi) is 3.62. The van der Waals surface area contributed by atoms with Gasteiger partial charge in [-0.15, -0.1) is 0 Å². The van der Waals surface area contributed by atoms with Gasteiger partial charge in [0.05, 0.1) is 17.1 Å². The van der Waals surface area contributed by atoms with Gasteiger partial charge in [-0.05, 0) is 54.8 Å². The van der Waals surface area contributed by atoms with Crippen molar-refractivity contribution in [1.82, 2.24) is 14.5 Å². The van der Waals surface area contributed by atoms with E-state index in [0.29, 0.717) is 0 Å². The van der Waals surface area contributed by atoms with Gasteiger partial charge in [-0.2, -0.15) is 0 Å². The van der Waals surface area contributed by atoms with Crippen LogP contribution in [0.1, 0.15) is 24.4 Å². The van der Waals surface area contributed by atoms with E-state index in [2.05, 4.69) is 71.9 Å². The van der Waals surface area contributed by atoms with Crippen LogP contribution in [0.4, 0.5) is 0 Å². The van der Waals surface area contributed by atoms with E-state index in [4.69, 9.17) is 4.98 Å². The Balaban J connectivity index is 1.88. The number of pyridine rings is 1. The fourth-order valence-corrected chi connectivity index (χ4v) is 3.31. The number of aromatic nitrogens is 3. The summed E-state index contributed by atoms with van der Waals surface area (Å²) >= 11 is 0. The molecule has 24 heavy (non-hydrogen) atoms. The molecule has 2 aromatic carbocycles. The lowest BCUT2D eigenvalue weighted by molar-refractivity contribution is 0.637. The van der Waals surface area contributed by atoms with Crippen LogP contribution in [0, 0.1) is 6.92 Å². The zero-order chi connectivity index (χ0) is 16.5. The summed E-state index contributed by atoms with van der Waals surface area (Å²) in [6.07, 6.45) is 3.66. The van der Waals surface area contributed by atoms with Gasteiger partial charge in [0, 0.05) is 12.4 Å². The van der Waals surface area contributed by atoms with Gasteiger partial charge in [-0.25, -0.2) is 4.98 Å². The highest BCUT2D eigenvalue weighted by molar-refractivity contribution is 5.83. The van der Waals surface area contributed by atoms with E-state index < -0.39 is 0 Å². The number of nitrogens with zero attached hydrogens (tertiary/aromatic N) is 3. The number of benzene rings is 2. The minimum atomic E-state index is 0.240. The largest absolute Gasteiger partial charge is 0.321 e. The van der Waals surface area contributed by atoms with Crippen molar-refractivity contribution in [2.24, 2.45) is 0 Å². The van der Waals surface area contributed by atoms with Crippen LogP contribution in [0.5, 0.6) is 0 Å². The number of rotatable bonds is 3. The van der Waals surface area contributed by atoms with Crippen molar-refractivity contribution in [2.75, 3.05) is 0 Å². The van der Waals surface area contributed by atoms with Crippen molar-refractivity contribution in [2.45, 2.75) is 19.9 Å². The summed E-state index contributed by atoms with van der Waals surface area (Å²) in [7, 11) is 0. The first-order valence-electron chi connectivity index (χ1n) is 8.18. The number of imidazole rings is 1. The Hall–Kier alpha value is -2.94. The van der Waals surface area contributed by atoms with E-state index in [-0.39, 0.29) is 6.04 Å². The minimum Gasteiger partial charge on any atom is -0.321 e. The number of aryl methyl sites for hydroxylation is 1. The van der Waals surface area contributed by atoms with Gasteiger partial charge in [0.15, 0.2) is 0 Å². The topological polar surface area (TPSA) is 30.7 Å². The third kappa shape index (κ3) is 2.48. The molecular formula is C21H19N3. The first-order valence-corrected chi connectivity index (χ1v) is 8.18. The average molecular weight is 313 g/mol. The third-order valence-electron chi connectivity index (χ3n) is 4.55. The van der Waals surface area contributed by atoms with Crippen molar-refractivity contribution >= 4 is 11.0 Å². The van der Waals surface area contributed by atoms with Crippen LogP contribution in [0.15, 0.2) is 73.1 Å². The molecule has 2 heterocycles. The molecule has 3 nitrogen and oxygen atoms in total. The highest BCUT2D eigenvalue weighted by Gasteiger charge is 2.15. The van der Waals surface area contributed by atoms with Crippen LogP contribution in [0.3, 0.4) is 0 Å². The second-order valence-corrected chi connectivity index (χ2v) is 6.06. The van der Waals surface area contributed by atoms with Crippen molar-refractivity contribution < 1.29 is 0 Å². The summed E-state index contributed by atoms with van der Waals surface area (Å²) in [6.45, 7) is 4.30. The van der Waals surface area contributed by atoms with Gasteiger partial charge < -0.3 is 4.57 Å². The molecule has 0 aliphatic heterocycles. The molecule has 3 heteroatoms. The summed E-state index contributed by atoms with van der Waals surface area (Å²) in [4.78, 5) is 8.85. The lowest BCUT2D eigenvalue weighted by Gasteiger charge is -2.17. The van der Waals surface area contributed by atoms with Gasteiger partial charge >= 0.3 is 0 Å². The van der Waals surface area contributed by atoms with Crippen molar-refractivity contribution in [3.05, 3.63) is 84.4 Å². The fraction of sp³-hybridized carbons (Fsp3) is 0.143. The second-order valence-electron chi connectivity index (χ2n) is 6.06. The molecule has 0 fully saturated rings. The van der Waals surface area contributed by atoms with Crippen molar-refractivity contribution in [3.63, 3.8) is 0 Å². The molecule has 2 aromatic heterocycles. The fourth-order valence-electron chi connectivity index (χ4n) is 3.31. The Bertz CT molecular complexity index is 972. The summed E-state index contributed by atoms with van der Waals surface area (Å²) in [5, 5.41) is 0. The van der Waals surface area contributed by atoms with E-state index >= 15 is 0 Å². The van der Waals surface area contributed by atoms with Gasteiger partial charge in [-0.1, -0.05) is 36.4 Å². The first kappa shape index (κ1) is 14.6. The number of hydrogen-bond acceptors (Lipinski definition) is 2. The highest BCUT2D eigenvalue weighted by atomic mass is 15.1. The van der Waals surface area contributed by atoms with Crippen molar-refractivity contribution in [1.29, 1.82) is 0 Å². The van der Waals surface area contributed by atoms with E-state index in [1.165, 1.54) is 16.7 Å². The Morgan fingerprint density at radius 1 is 0.875 bits per heavy atom. The van der Waals surface area contributed by atoms with Crippen LogP contribution in [-0.4, -0.2) is 14.5 Å². The van der Waals surface area contributed by atoms with Crippen LogP contribution >= 0.6 is 0 Å². The Morgan fingerprint density at radius 3 is 2.38 bits per heavy atom. The summed E-state index contributed by atoms with van der Waals surface area (Å²) in [5.74, 6) is 1.04. The molecule has 0 saturated carbocycles. The maximum absolute atomic E-state index is 4.75. The van der Waals surface area contributed by atoms with Crippen LogP contribution < -0.4 is 0 Å². The lowest BCUT2D eigenvalue weighted by atomic mass is 10.1. The predicted octanol–water partition coefficient (Wildman–Crippen LogP) is 5.02. The second kappa shape index (κ2) is 5.93. The molecule has 0 aliphatic rings. The first-order chi connectivity index (χ1) is 11.7. The molecule has 0 spiro atoms. The zero-order valence-electron chi connectivity index (χ0n) is 13.8. The average Bonchev–Trinajstić information content (AvgIpc) is 2.97. The molecule has 0 aliphatic carbocycles.